The van der Waals surface area contributed by atoms with Crippen LogP contribution in [0, 0.1) is 6.07 Å². The molecule has 1 unspecified atom stereocenters. The van der Waals surface area contributed by atoms with Gasteiger partial charge in [-0.25, -0.2) is 4.98 Å². The van der Waals surface area contributed by atoms with Gasteiger partial charge in [-0.2, -0.15) is 0 Å². The Morgan fingerprint density at radius 2 is 1.34 bits per heavy atom. The molecule has 5 heteroatoms. The second-order valence-electron chi connectivity index (χ2n) is 9.63. The van der Waals surface area contributed by atoms with Crippen molar-refractivity contribution in [1.82, 2.24) is 9.97 Å². The number of anilines is 3. The standard InChI is InChI=1S/C36H28N3O.Pt/c1-26(27-12-4-2-5-13-27)29-22-23-36(37-25-29)39(30-15-6-3-7-16-30)31-17-10-14-28(24-31)33-19-11-20-34(38-33)32-18-8-9-21-35(32)40;/h2-23,25-26,40H,1H3;/q-1;. The van der Waals surface area contributed by atoms with Gasteiger partial charge in [0.15, 0.2) is 0 Å². The molecule has 0 spiro atoms. The molecule has 0 aliphatic carbocycles. The van der Waals surface area contributed by atoms with Crippen LogP contribution >= 0.6 is 0 Å². The van der Waals surface area contributed by atoms with Crippen LogP contribution in [-0.2, 0) is 21.1 Å². The van der Waals surface area contributed by atoms with Gasteiger partial charge in [-0.3, -0.25) is 4.98 Å². The minimum Gasteiger partial charge on any atom is -0.507 e. The molecule has 6 aromatic rings. The van der Waals surface area contributed by atoms with Crippen molar-refractivity contribution < 1.29 is 26.2 Å². The molecule has 1 atom stereocenters. The molecule has 4 aromatic carbocycles. The van der Waals surface area contributed by atoms with E-state index in [0.717, 1.165) is 34.0 Å². The number of phenolic OH excluding ortho intramolecular Hbond substituents is 1. The average molecular weight is 714 g/mol. The Balaban J connectivity index is 0.00000337. The molecule has 2 heterocycles. The zero-order chi connectivity index (χ0) is 27.3. The van der Waals surface area contributed by atoms with E-state index in [2.05, 4.69) is 66.4 Å². The summed E-state index contributed by atoms with van der Waals surface area (Å²) in [6.07, 6.45) is 1.96. The first-order valence-electron chi connectivity index (χ1n) is 13.3. The predicted octanol–water partition coefficient (Wildman–Crippen LogP) is 8.94. The molecule has 6 rings (SSSR count). The van der Waals surface area contributed by atoms with Gasteiger partial charge in [0.25, 0.3) is 0 Å². The van der Waals surface area contributed by atoms with Crippen LogP contribution in [0.25, 0.3) is 22.5 Å². The second kappa shape index (κ2) is 12.8. The fourth-order valence-corrected chi connectivity index (χ4v) is 4.85. The van der Waals surface area contributed by atoms with E-state index in [1.807, 2.05) is 79.0 Å². The van der Waals surface area contributed by atoms with Gasteiger partial charge < -0.3 is 10.0 Å². The maximum Gasteiger partial charge on any atom is 0.136 e. The van der Waals surface area contributed by atoms with Crippen LogP contribution in [0.2, 0.25) is 0 Å². The SMILES string of the molecule is CC(c1ccccc1)c1ccc(N(c2[c-]c(-c3cccc(-c4ccccc4O)n3)ccc2)c2ccccc2)nc1.[Pt]. The summed E-state index contributed by atoms with van der Waals surface area (Å²) < 4.78 is 0. The van der Waals surface area contributed by atoms with Gasteiger partial charge in [-0.15, -0.1) is 29.8 Å². The van der Waals surface area contributed by atoms with Gasteiger partial charge in [0, 0.05) is 44.4 Å². The number of hydrogen-bond acceptors (Lipinski definition) is 4. The van der Waals surface area contributed by atoms with Crippen molar-refractivity contribution in [3.63, 3.8) is 0 Å². The Morgan fingerprint density at radius 3 is 2.07 bits per heavy atom. The molecule has 0 amide bonds. The summed E-state index contributed by atoms with van der Waals surface area (Å²) in [5.41, 5.74) is 7.29. The number of nitrogens with zero attached hydrogens (tertiary/aromatic N) is 3. The van der Waals surface area contributed by atoms with Crippen molar-refractivity contribution >= 4 is 17.2 Å². The summed E-state index contributed by atoms with van der Waals surface area (Å²) in [4.78, 5) is 11.9. The van der Waals surface area contributed by atoms with E-state index in [4.69, 9.17) is 9.97 Å². The van der Waals surface area contributed by atoms with Crippen molar-refractivity contribution in [3.8, 4) is 28.3 Å². The zero-order valence-electron chi connectivity index (χ0n) is 22.5. The number of para-hydroxylation sites is 2. The fourth-order valence-electron chi connectivity index (χ4n) is 4.85. The van der Waals surface area contributed by atoms with E-state index in [-0.39, 0.29) is 32.7 Å². The summed E-state index contributed by atoms with van der Waals surface area (Å²) >= 11 is 0. The van der Waals surface area contributed by atoms with Crippen LogP contribution in [0.5, 0.6) is 5.75 Å². The molecule has 2 aromatic heterocycles. The molecule has 4 nitrogen and oxygen atoms in total. The first-order chi connectivity index (χ1) is 19.7. The van der Waals surface area contributed by atoms with E-state index < -0.39 is 0 Å². The number of aromatic nitrogens is 2. The van der Waals surface area contributed by atoms with E-state index in [1.165, 1.54) is 5.56 Å². The third-order valence-electron chi connectivity index (χ3n) is 7.04. The minimum atomic E-state index is 0. The van der Waals surface area contributed by atoms with Gasteiger partial charge in [0.2, 0.25) is 0 Å². The summed E-state index contributed by atoms with van der Waals surface area (Å²) in [6.45, 7) is 2.20. The largest absolute Gasteiger partial charge is 0.507 e. The molecular formula is C36H28N3OPt-. The number of benzene rings is 4. The normalized spacial score (nSPS) is 11.3. The third kappa shape index (κ3) is 6.14. The number of aromatic hydroxyl groups is 1. The van der Waals surface area contributed by atoms with Crippen molar-refractivity contribution in [2.45, 2.75) is 12.8 Å². The monoisotopic (exact) mass is 713 g/mol. The number of hydrogen-bond donors (Lipinski definition) is 1. The zero-order valence-corrected chi connectivity index (χ0v) is 24.7. The van der Waals surface area contributed by atoms with Crippen LogP contribution in [0.4, 0.5) is 17.2 Å². The molecule has 0 bridgehead atoms. The fraction of sp³-hybridized carbons (Fsp3) is 0.0556. The quantitative estimate of drug-likeness (QED) is 0.168. The summed E-state index contributed by atoms with van der Waals surface area (Å²) in [5, 5.41) is 10.4. The smallest absolute Gasteiger partial charge is 0.136 e. The summed E-state index contributed by atoms with van der Waals surface area (Å²) in [5.74, 6) is 1.25. The number of phenols is 1. The van der Waals surface area contributed by atoms with Crippen LogP contribution in [0.15, 0.2) is 140 Å². The molecule has 0 saturated carbocycles. The van der Waals surface area contributed by atoms with Crippen LogP contribution in [-0.4, -0.2) is 15.1 Å². The van der Waals surface area contributed by atoms with E-state index in [9.17, 15) is 5.11 Å². The van der Waals surface area contributed by atoms with E-state index in [1.54, 1.807) is 12.1 Å². The summed E-state index contributed by atoms with van der Waals surface area (Å²) in [7, 11) is 0. The average Bonchev–Trinajstić information content (AvgIpc) is 3.03. The van der Waals surface area contributed by atoms with E-state index >= 15 is 0 Å². The van der Waals surface area contributed by atoms with E-state index in [0.29, 0.717) is 11.3 Å². The van der Waals surface area contributed by atoms with Crippen molar-refractivity contribution in [2.75, 3.05) is 4.90 Å². The van der Waals surface area contributed by atoms with Gasteiger partial charge >= 0.3 is 0 Å². The van der Waals surface area contributed by atoms with Gasteiger partial charge in [-0.05, 0) is 58.9 Å². The van der Waals surface area contributed by atoms with Gasteiger partial charge in [0.05, 0.1) is 5.69 Å². The van der Waals surface area contributed by atoms with Crippen LogP contribution < -0.4 is 4.90 Å². The minimum absolute atomic E-state index is 0. The Hall–Kier alpha value is -4.53. The first kappa shape index (κ1) is 28.0. The molecular weight excluding hydrogens is 685 g/mol. The van der Waals surface area contributed by atoms with Gasteiger partial charge in [0.1, 0.15) is 11.6 Å². The Bertz CT molecular complexity index is 1720. The Kier molecular flexibility index (Phi) is 8.72. The number of rotatable bonds is 7. The third-order valence-corrected chi connectivity index (χ3v) is 7.04. The topological polar surface area (TPSA) is 49.2 Å². The Morgan fingerprint density at radius 1 is 0.659 bits per heavy atom. The molecule has 0 aliphatic heterocycles. The predicted molar refractivity (Wildman–Crippen MR) is 162 cm³/mol. The van der Waals surface area contributed by atoms with Crippen molar-refractivity contribution in [2.24, 2.45) is 0 Å². The molecule has 0 radical (unpaired) electrons. The molecule has 0 fully saturated rings. The van der Waals surface area contributed by atoms with Crippen molar-refractivity contribution in [3.05, 3.63) is 157 Å². The first-order valence-corrected chi connectivity index (χ1v) is 13.3. The molecule has 41 heavy (non-hydrogen) atoms. The maximum atomic E-state index is 10.4. The molecule has 1 N–H and O–H groups in total. The number of pyridine rings is 2. The molecule has 204 valence electrons. The molecule has 0 aliphatic rings. The molecule has 0 saturated heterocycles. The van der Waals surface area contributed by atoms with Crippen LogP contribution in [0.1, 0.15) is 24.0 Å². The second-order valence-corrected chi connectivity index (χ2v) is 9.63. The summed E-state index contributed by atoms with van der Waals surface area (Å²) in [6, 6.07) is 47.6. The maximum absolute atomic E-state index is 10.4. The van der Waals surface area contributed by atoms with Crippen molar-refractivity contribution in [1.29, 1.82) is 0 Å². The van der Waals surface area contributed by atoms with Gasteiger partial charge in [-0.1, -0.05) is 85.8 Å². The Labute approximate surface area is 255 Å². The van der Waals surface area contributed by atoms with Crippen LogP contribution in [0.3, 0.4) is 0 Å².